The van der Waals surface area contributed by atoms with Gasteiger partial charge in [0.15, 0.2) is 0 Å². The molecule has 1 unspecified atom stereocenters. The summed E-state index contributed by atoms with van der Waals surface area (Å²) in [6.45, 7) is 7.06. The number of aromatic nitrogens is 1. The van der Waals surface area contributed by atoms with Gasteiger partial charge in [-0.25, -0.2) is 4.98 Å². The lowest BCUT2D eigenvalue weighted by atomic mass is 10.0. The number of rotatable bonds is 2. The first-order valence-electron chi connectivity index (χ1n) is 5.77. The Morgan fingerprint density at radius 3 is 3.00 bits per heavy atom. The van der Waals surface area contributed by atoms with E-state index >= 15 is 0 Å². The van der Waals surface area contributed by atoms with Crippen LogP contribution in [0.1, 0.15) is 31.9 Å². The SMILES string of the molecule is C=Cc1cc(Cl)cc(N2CCCCC2C)n1. The van der Waals surface area contributed by atoms with Crippen LogP contribution in [0.4, 0.5) is 5.82 Å². The summed E-state index contributed by atoms with van der Waals surface area (Å²) in [6, 6.07) is 4.33. The summed E-state index contributed by atoms with van der Waals surface area (Å²) in [4.78, 5) is 6.89. The van der Waals surface area contributed by atoms with Crippen molar-refractivity contribution in [2.75, 3.05) is 11.4 Å². The van der Waals surface area contributed by atoms with E-state index in [-0.39, 0.29) is 0 Å². The molecule has 1 saturated heterocycles. The molecule has 0 amide bonds. The molecule has 0 N–H and O–H groups in total. The normalized spacial score (nSPS) is 20.9. The first kappa shape index (κ1) is 11.5. The van der Waals surface area contributed by atoms with Crippen LogP contribution in [0.25, 0.3) is 6.08 Å². The van der Waals surface area contributed by atoms with Crippen molar-refractivity contribution in [3.05, 3.63) is 29.4 Å². The molecule has 1 aliphatic heterocycles. The molecule has 3 heteroatoms. The van der Waals surface area contributed by atoms with Gasteiger partial charge in [-0.2, -0.15) is 0 Å². The maximum Gasteiger partial charge on any atom is 0.130 e. The third-order valence-electron chi connectivity index (χ3n) is 3.10. The van der Waals surface area contributed by atoms with Gasteiger partial charge in [0.2, 0.25) is 0 Å². The van der Waals surface area contributed by atoms with Gasteiger partial charge in [-0.1, -0.05) is 18.2 Å². The minimum atomic E-state index is 0.553. The van der Waals surface area contributed by atoms with Crippen molar-refractivity contribution >= 4 is 23.5 Å². The second kappa shape index (κ2) is 4.88. The zero-order valence-corrected chi connectivity index (χ0v) is 10.4. The van der Waals surface area contributed by atoms with Gasteiger partial charge < -0.3 is 4.90 Å². The number of nitrogens with zero attached hydrogens (tertiary/aromatic N) is 2. The van der Waals surface area contributed by atoms with Gasteiger partial charge in [0.25, 0.3) is 0 Å². The maximum atomic E-state index is 6.08. The van der Waals surface area contributed by atoms with Crippen molar-refractivity contribution in [1.29, 1.82) is 0 Å². The van der Waals surface area contributed by atoms with Crippen LogP contribution in [0.15, 0.2) is 18.7 Å². The highest BCUT2D eigenvalue weighted by atomic mass is 35.5. The molecule has 1 atom stereocenters. The zero-order chi connectivity index (χ0) is 11.5. The molecule has 2 nitrogen and oxygen atoms in total. The highest BCUT2D eigenvalue weighted by Gasteiger charge is 2.19. The lowest BCUT2D eigenvalue weighted by Crippen LogP contribution is -2.38. The van der Waals surface area contributed by atoms with Gasteiger partial charge >= 0.3 is 0 Å². The third-order valence-corrected chi connectivity index (χ3v) is 3.32. The quantitative estimate of drug-likeness (QED) is 0.778. The fourth-order valence-corrected chi connectivity index (χ4v) is 2.40. The van der Waals surface area contributed by atoms with E-state index in [9.17, 15) is 0 Å². The standard InChI is InChI=1S/C13H17ClN2/c1-3-12-8-11(14)9-13(15-12)16-7-5-4-6-10(16)2/h3,8-10H,1,4-7H2,2H3. The predicted octanol–water partition coefficient (Wildman–Crippen LogP) is 3.76. The molecule has 0 saturated carbocycles. The Kier molecular flexibility index (Phi) is 3.49. The van der Waals surface area contributed by atoms with Crippen LogP contribution in [0.2, 0.25) is 5.02 Å². The summed E-state index contributed by atoms with van der Waals surface area (Å²) in [7, 11) is 0. The molecule has 16 heavy (non-hydrogen) atoms. The molecule has 0 spiro atoms. The predicted molar refractivity (Wildman–Crippen MR) is 70.0 cm³/mol. The minimum absolute atomic E-state index is 0.553. The highest BCUT2D eigenvalue weighted by Crippen LogP contribution is 2.26. The van der Waals surface area contributed by atoms with Gasteiger partial charge in [0, 0.05) is 17.6 Å². The largest absolute Gasteiger partial charge is 0.354 e. The number of hydrogen-bond donors (Lipinski definition) is 0. The Morgan fingerprint density at radius 1 is 1.50 bits per heavy atom. The Balaban J connectivity index is 2.31. The molecule has 2 heterocycles. The molecule has 1 fully saturated rings. The smallest absolute Gasteiger partial charge is 0.130 e. The Bertz CT molecular complexity index is 390. The van der Waals surface area contributed by atoms with E-state index in [2.05, 4.69) is 23.4 Å². The van der Waals surface area contributed by atoms with Crippen LogP contribution >= 0.6 is 11.6 Å². The average molecular weight is 237 g/mol. The third kappa shape index (κ3) is 2.38. The lowest BCUT2D eigenvalue weighted by molar-refractivity contribution is 0.481. The molecule has 0 bridgehead atoms. The minimum Gasteiger partial charge on any atom is -0.354 e. The topological polar surface area (TPSA) is 16.1 Å². The van der Waals surface area contributed by atoms with Gasteiger partial charge in [-0.3, -0.25) is 0 Å². The number of halogens is 1. The Morgan fingerprint density at radius 2 is 2.31 bits per heavy atom. The summed E-state index contributed by atoms with van der Waals surface area (Å²) >= 11 is 6.08. The lowest BCUT2D eigenvalue weighted by Gasteiger charge is -2.34. The molecule has 1 aromatic rings. The molecule has 0 aromatic carbocycles. The Hall–Kier alpha value is -1.02. The fraction of sp³-hybridized carbons (Fsp3) is 0.462. The number of piperidine rings is 1. The molecule has 1 aromatic heterocycles. The molecule has 1 aliphatic rings. The Labute approximate surface area is 102 Å². The summed E-state index contributed by atoms with van der Waals surface area (Å²) in [5.41, 5.74) is 0.847. The van der Waals surface area contributed by atoms with Crippen molar-refractivity contribution in [1.82, 2.24) is 4.98 Å². The second-order valence-corrected chi connectivity index (χ2v) is 4.75. The van der Waals surface area contributed by atoms with Crippen molar-refractivity contribution in [3.63, 3.8) is 0 Å². The van der Waals surface area contributed by atoms with Crippen molar-refractivity contribution in [3.8, 4) is 0 Å². The second-order valence-electron chi connectivity index (χ2n) is 4.31. The molecule has 0 aliphatic carbocycles. The van der Waals surface area contributed by atoms with E-state index < -0.39 is 0 Å². The fourth-order valence-electron chi connectivity index (χ4n) is 2.19. The molecular formula is C13H17ClN2. The average Bonchev–Trinajstić information content (AvgIpc) is 2.28. The van der Waals surface area contributed by atoms with Crippen LogP contribution in [0, 0.1) is 0 Å². The van der Waals surface area contributed by atoms with E-state index in [4.69, 9.17) is 11.6 Å². The first-order chi connectivity index (χ1) is 7.70. The van der Waals surface area contributed by atoms with E-state index in [0.717, 1.165) is 23.1 Å². The van der Waals surface area contributed by atoms with Crippen LogP contribution in [0.3, 0.4) is 0 Å². The molecule has 2 rings (SSSR count). The highest BCUT2D eigenvalue weighted by molar-refractivity contribution is 6.30. The van der Waals surface area contributed by atoms with Gasteiger partial charge in [0.1, 0.15) is 5.82 Å². The van der Waals surface area contributed by atoms with E-state index in [1.807, 2.05) is 12.1 Å². The van der Waals surface area contributed by atoms with E-state index in [0.29, 0.717) is 6.04 Å². The van der Waals surface area contributed by atoms with Gasteiger partial charge in [-0.05, 0) is 44.4 Å². The number of anilines is 1. The van der Waals surface area contributed by atoms with Crippen molar-refractivity contribution < 1.29 is 0 Å². The molecular weight excluding hydrogens is 220 g/mol. The molecule has 0 radical (unpaired) electrons. The summed E-state index contributed by atoms with van der Waals surface area (Å²) in [5.74, 6) is 0.981. The van der Waals surface area contributed by atoms with Crippen molar-refractivity contribution in [2.45, 2.75) is 32.2 Å². The number of pyridine rings is 1. The first-order valence-corrected chi connectivity index (χ1v) is 6.15. The summed E-state index contributed by atoms with van der Waals surface area (Å²) in [6.07, 6.45) is 5.52. The van der Waals surface area contributed by atoms with Crippen LogP contribution in [-0.4, -0.2) is 17.6 Å². The number of hydrogen-bond acceptors (Lipinski definition) is 2. The van der Waals surface area contributed by atoms with Gasteiger partial charge in [0.05, 0.1) is 5.69 Å². The summed E-state index contributed by atoms with van der Waals surface area (Å²) < 4.78 is 0. The van der Waals surface area contributed by atoms with Crippen LogP contribution in [0.5, 0.6) is 0 Å². The molecule has 86 valence electrons. The zero-order valence-electron chi connectivity index (χ0n) is 9.62. The van der Waals surface area contributed by atoms with Crippen LogP contribution in [-0.2, 0) is 0 Å². The summed E-state index contributed by atoms with van der Waals surface area (Å²) in [5, 5.41) is 0.734. The van der Waals surface area contributed by atoms with Crippen molar-refractivity contribution in [2.24, 2.45) is 0 Å². The van der Waals surface area contributed by atoms with E-state index in [1.165, 1.54) is 19.3 Å². The maximum absolute atomic E-state index is 6.08. The van der Waals surface area contributed by atoms with Crippen LogP contribution < -0.4 is 4.90 Å². The monoisotopic (exact) mass is 236 g/mol. The van der Waals surface area contributed by atoms with Gasteiger partial charge in [-0.15, -0.1) is 0 Å². The van der Waals surface area contributed by atoms with E-state index in [1.54, 1.807) is 6.08 Å².